The van der Waals surface area contributed by atoms with Crippen LogP contribution in [-0.2, 0) is 0 Å². The van der Waals surface area contributed by atoms with Crippen molar-refractivity contribution in [3.05, 3.63) is 48.3 Å². The highest BCUT2D eigenvalue weighted by atomic mass is 16.2. The molecule has 1 aliphatic carbocycles. The van der Waals surface area contributed by atoms with E-state index in [4.69, 9.17) is 0 Å². The van der Waals surface area contributed by atoms with Crippen molar-refractivity contribution in [1.82, 2.24) is 20.6 Å². The number of rotatable bonds is 4. The fraction of sp³-hybridized carbons (Fsp3) is 0.312. The lowest BCUT2D eigenvalue weighted by Crippen LogP contribution is -2.33. The summed E-state index contributed by atoms with van der Waals surface area (Å²) in [6.45, 7) is 2.00. The number of hydrogen-bond acceptors (Lipinski definition) is 5. The first-order chi connectivity index (χ1) is 10.8. The molecule has 1 saturated heterocycles. The van der Waals surface area contributed by atoms with E-state index >= 15 is 0 Å². The smallest absolute Gasteiger partial charge is 0.270 e. The van der Waals surface area contributed by atoms with Crippen LogP contribution in [0.2, 0.25) is 0 Å². The number of nitrogens with one attached hydrogen (secondary N) is 3. The number of piperidine rings is 1. The summed E-state index contributed by atoms with van der Waals surface area (Å²) in [7, 11) is 0. The minimum Gasteiger partial charge on any atom is -0.347 e. The van der Waals surface area contributed by atoms with Gasteiger partial charge in [-0.1, -0.05) is 18.2 Å². The van der Waals surface area contributed by atoms with Crippen LogP contribution in [0.25, 0.3) is 0 Å². The van der Waals surface area contributed by atoms with Crippen LogP contribution in [0, 0.1) is 11.8 Å². The molecule has 3 N–H and O–H groups in total. The molecular weight excluding hydrogens is 278 g/mol. The SMILES string of the molecule is O=C(NC1[C@H]2CNC[C@@H]12)c1ccnc(Nc2ccccc2)n1. The molecular formula is C16H17N5O. The van der Waals surface area contributed by atoms with Crippen molar-refractivity contribution in [1.29, 1.82) is 0 Å². The number of anilines is 2. The van der Waals surface area contributed by atoms with E-state index in [9.17, 15) is 4.79 Å². The van der Waals surface area contributed by atoms with E-state index in [1.165, 1.54) is 0 Å². The van der Waals surface area contributed by atoms with Crippen LogP contribution in [0.3, 0.4) is 0 Å². The van der Waals surface area contributed by atoms with E-state index in [1.807, 2.05) is 30.3 Å². The number of nitrogens with zero attached hydrogens (tertiary/aromatic N) is 2. The molecule has 2 heterocycles. The number of carbonyl (C=O) groups excluding carboxylic acids is 1. The predicted molar refractivity (Wildman–Crippen MR) is 82.9 cm³/mol. The van der Waals surface area contributed by atoms with E-state index in [0.29, 0.717) is 29.5 Å². The third kappa shape index (κ3) is 2.53. The molecule has 6 nitrogen and oxygen atoms in total. The third-order valence-corrected chi connectivity index (χ3v) is 4.31. The number of aromatic nitrogens is 2. The molecule has 2 aromatic rings. The first-order valence-electron chi connectivity index (χ1n) is 7.48. The third-order valence-electron chi connectivity index (χ3n) is 4.31. The second-order valence-corrected chi connectivity index (χ2v) is 5.74. The molecule has 0 bridgehead atoms. The van der Waals surface area contributed by atoms with Gasteiger partial charge in [0.2, 0.25) is 5.95 Å². The summed E-state index contributed by atoms with van der Waals surface area (Å²) in [6, 6.07) is 11.6. The molecule has 6 heteroatoms. The Labute approximate surface area is 128 Å². The number of carbonyl (C=O) groups is 1. The highest BCUT2D eigenvalue weighted by Crippen LogP contribution is 2.41. The van der Waals surface area contributed by atoms with Crippen LogP contribution >= 0.6 is 0 Å². The van der Waals surface area contributed by atoms with Crippen LogP contribution in [-0.4, -0.2) is 35.0 Å². The average Bonchev–Trinajstić information content (AvgIpc) is 2.97. The van der Waals surface area contributed by atoms with Crippen molar-refractivity contribution in [2.45, 2.75) is 6.04 Å². The highest BCUT2D eigenvalue weighted by Gasteiger charge is 2.53. The number of para-hydroxylation sites is 1. The van der Waals surface area contributed by atoms with Crippen LogP contribution < -0.4 is 16.0 Å². The lowest BCUT2D eigenvalue weighted by atomic mass is 10.3. The molecule has 4 rings (SSSR count). The van der Waals surface area contributed by atoms with Crippen LogP contribution in [0.4, 0.5) is 11.6 Å². The van der Waals surface area contributed by atoms with E-state index in [1.54, 1.807) is 12.3 Å². The molecule has 1 unspecified atom stereocenters. The van der Waals surface area contributed by atoms with Gasteiger partial charge in [0.1, 0.15) is 5.69 Å². The maximum absolute atomic E-state index is 12.3. The van der Waals surface area contributed by atoms with Gasteiger partial charge in [0.25, 0.3) is 5.91 Å². The topological polar surface area (TPSA) is 78.9 Å². The molecule has 1 aromatic heterocycles. The van der Waals surface area contributed by atoms with Crippen molar-refractivity contribution >= 4 is 17.5 Å². The van der Waals surface area contributed by atoms with Gasteiger partial charge in [-0.05, 0) is 30.0 Å². The molecule has 2 aliphatic rings. The largest absolute Gasteiger partial charge is 0.347 e. The minimum absolute atomic E-state index is 0.127. The number of hydrogen-bond donors (Lipinski definition) is 3. The molecule has 3 atom stereocenters. The Bertz CT molecular complexity index is 680. The van der Waals surface area contributed by atoms with E-state index < -0.39 is 0 Å². The van der Waals surface area contributed by atoms with Gasteiger partial charge in [0, 0.05) is 31.0 Å². The zero-order valence-corrected chi connectivity index (χ0v) is 12.0. The molecule has 0 radical (unpaired) electrons. The first-order valence-corrected chi connectivity index (χ1v) is 7.48. The van der Waals surface area contributed by atoms with Gasteiger partial charge in [-0.15, -0.1) is 0 Å². The highest BCUT2D eigenvalue weighted by molar-refractivity contribution is 5.93. The van der Waals surface area contributed by atoms with Crippen molar-refractivity contribution in [3.63, 3.8) is 0 Å². The van der Waals surface area contributed by atoms with Gasteiger partial charge in [-0.3, -0.25) is 4.79 Å². The monoisotopic (exact) mass is 295 g/mol. The molecule has 0 spiro atoms. The maximum atomic E-state index is 12.3. The summed E-state index contributed by atoms with van der Waals surface area (Å²) in [4.78, 5) is 20.7. The van der Waals surface area contributed by atoms with Gasteiger partial charge in [-0.25, -0.2) is 9.97 Å². The summed E-state index contributed by atoms with van der Waals surface area (Å²) in [5, 5.41) is 9.48. The fourth-order valence-corrected chi connectivity index (χ4v) is 3.05. The summed E-state index contributed by atoms with van der Waals surface area (Å²) in [5.74, 6) is 1.48. The molecule has 112 valence electrons. The Hall–Kier alpha value is -2.47. The fourth-order valence-electron chi connectivity index (χ4n) is 3.05. The molecule has 22 heavy (non-hydrogen) atoms. The zero-order valence-electron chi connectivity index (χ0n) is 12.0. The number of amides is 1. The second kappa shape index (κ2) is 5.38. The Morgan fingerprint density at radius 2 is 1.91 bits per heavy atom. The number of benzene rings is 1. The molecule has 1 amide bonds. The van der Waals surface area contributed by atoms with Gasteiger partial charge in [0.15, 0.2) is 0 Å². The molecule has 1 saturated carbocycles. The summed E-state index contributed by atoms with van der Waals surface area (Å²) in [5.41, 5.74) is 1.29. The Kier molecular flexibility index (Phi) is 3.23. The Balaban J connectivity index is 1.43. The summed E-state index contributed by atoms with van der Waals surface area (Å²) < 4.78 is 0. The standard InChI is InChI=1S/C16H17N5O/c22-15(21-14-11-8-17-9-12(11)14)13-6-7-18-16(20-13)19-10-4-2-1-3-5-10/h1-7,11-12,14,17H,8-9H2,(H,21,22)(H,18,19,20)/t11-,12+,14?. The summed E-state index contributed by atoms with van der Waals surface area (Å²) >= 11 is 0. The second-order valence-electron chi connectivity index (χ2n) is 5.74. The zero-order chi connectivity index (χ0) is 14.9. The lowest BCUT2D eigenvalue weighted by molar-refractivity contribution is 0.0941. The summed E-state index contributed by atoms with van der Waals surface area (Å²) in [6.07, 6.45) is 1.60. The number of fused-ring (bicyclic) bond motifs is 1. The van der Waals surface area contributed by atoms with Crippen molar-refractivity contribution < 1.29 is 4.79 Å². The minimum atomic E-state index is -0.127. The average molecular weight is 295 g/mol. The maximum Gasteiger partial charge on any atom is 0.270 e. The van der Waals surface area contributed by atoms with Crippen LogP contribution in [0.1, 0.15) is 10.5 Å². The van der Waals surface area contributed by atoms with Gasteiger partial charge >= 0.3 is 0 Å². The van der Waals surface area contributed by atoms with Gasteiger partial charge in [-0.2, -0.15) is 0 Å². The first kappa shape index (κ1) is 13.2. The van der Waals surface area contributed by atoms with E-state index in [-0.39, 0.29) is 5.91 Å². The van der Waals surface area contributed by atoms with Gasteiger partial charge < -0.3 is 16.0 Å². The Morgan fingerprint density at radius 1 is 1.14 bits per heavy atom. The van der Waals surface area contributed by atoms with E-state index in [2.05, 4.69) is 25.9 Å². The predicted octanol–water partition coefficient (Wildman–Crippen LogP) is 1.17. The molecule has 1 aromatic carbocycles. The lowest BCUT2D eigenvalue weighted by Gasteiger charge is -2.08. The van der Waals surface area contributed by atoms with Crippen molar-refractivity contribution in [2.75, 3.05) is 18.4 Å². The van der Waals surface area contributed by atoms with Crippen LogP contribution in [0.5, 0.6) is 0 Å². The molecule has 2 fully saturated rings. The van der Waals surface area contributed by atoms with Crippen molar-refractivity contribution in [3.8, 4) is 0 Å². The van der Waals surface area contributed by atoms with Gasteiger partial charge in [0.05, 0.1) is 0 Å². The van der Waals surface area contributed by atoms with Crippen LogP contribution in [0.15, 0.2) is 42.6 Å². The normalized spacial score (nSPS) is 25.4. The Morgan fingerprint density at radius 3 is 2.68 bits per heavy atom. The molecule has 1 aliphatic heterocycles. The quantitative estimate of drug-likeness (QED) is 0.789. The van der Waals surface area contributed by atoms with Crippen molar-refractivity contribution in [2.24, 2.45) is 11.8 Å². The van der Waals surface area contributed by atoms with E-state index in [0.717, 1.165) is 18.8 Å².